The summed E-state index contributed by atoms with van der Waals surface area (Å²) in [6, 6.07) is 52.3. The molecule has 2 aliphatic heterocycles. The molecular formula is C71H73BN2O. The number of furan rings is 1. The minimum Gasteiger partial charge on any atom is -0.456 e. The van der Waals surface area contributed by atoms with Crippen LogP contribution >= 0.6 is 0 Å². The van der Waals surface area contributed by atoms with Crippen molar-refractivity contribution >= 4 is 79.2 Å². The van der Waals surface area contributed by atoms with Crippen molar-refractivity contribution in [1.29, 1.82) is 0 Å². The van der Waals surface area contributed by atoms with E-state index < -0.39 is 0 Å². The molecule has 1 aromatic heterocycles. The molecule has 3 heterocycles. The fourth-order valence-corrected chi connectivity index (χ4v) is 15.0. The van der Waals surface area contributed by atoms with Crippen LogP contribution in [0.5, 0.6) is 0 Å². The molecule has 0 saturated carbocycles. The van der Waals surface area contributed by atoms with Crippen molar-refractivity contribution in [1.82, 2.24) is 0 Å². The summed E-state index contributed by atoms with van der Waals surface area (Å²) in [5.74, 6) is 0. The number of hydrogen-bond acceptors (Lipinski definition) is 3. The van der Waals surface area contributed by atoms with E-state index in [1.807, 2.05) is 0 Å². The van der Waals surface area contributed by atoms with Gasteiger partial charge >= 0.3 is 0 Å². The van der Waals surface area contributed by atoms with Gasteiger partial charge in [-0.05, 0) is 194 Å². The Balaban J connectivity index is 1.22. The van der Waals surface area contributed by atoms with E-state index in [0.29, 0.717) is 0 Å². The highest BCUT2D eigenvalue weighted by Crippen LogP contribution is 2.56. The van der Waals surface area contributed by atoms with Crippen LogP contribution < -0.4 is 26.2 Å². The van der Waals surface area contributed by atoms with Gasteiger partial charge in [0.2, 0.25) is 0 Å². The molecule has 0 amide bonds. The van der Waals surface area contributed by atoms with Crippen molar-refractivity contribution in [3.05, 3.63) is 184 Å². The number of hydrogen-bond donors (Lipinski definition) is 0. The van der Waals surface area contributed by atoms with Gasteiger partial charge < -0.3 is 14.2 Å². The smallest absolute Gasteiger partial charge is 0.252 e. The molecule has 0 spiro atoms. The lowest BCUT2D eigenvalue weighted by Crippen LogP contribution is -2.61. The van der Waals surface area contributed by atoms with E-state index in [2.05, 4.69) is 247 Å². The van der Waals surface area contributed by atoms with Crippen molar-refractivity contribution < 1.29 is 4.42 Å². The van der Waals surface area contributed by atoms with Gasteiger partial charge in [0.15, 0.2) is 0 Å². The van der Waals surface area contributed by atoms with E-state index in [4.69, 9.17) is 4.42 Å². The van der Waals surface area contributed by atoms with E-state index in [-0.39, 0.29) is 33.8 Å². The minimum atomic E-state index is -0.0797. The summed E-state index contributed by atoms with van der Waals surface area (Å²) in [7, 11) is 0. The van der Waals surface area contributed by atoms with Crippen LogP contribution in [0.3, 0.4) is 0 Å². The maximum atomic E-state index is 7.03. The van der Waals surface area contributed by atoms with Crippen LogP contribution in [0.4, 0.5) is 34.1 Å². The summed E-state index contributed by atoms with van der Waals surface area (Å²) >= 11 is 0. The molecule has 8 aromatic carbocycles. The Morgan fingerprint density at radius 3 is 1.67 bits per heavy atom. The fourth-order valence-electron chi connectivity index (χ4n) is 15.0. The Bertz CT molecular complexity index is 3890. The van der Waals surface area contributed by atoms with E-state index in [9.17, 15) is 0 Å². The van der Waals surface area contributed by atoms with Gasteiger partial charge in [0.1, 0.15) is 11.2 Å². The number of nitrogens with zero attached hydrogens (tertiary/aromatic N) is 2. The van der Waals surface area contributed by atoms with E-state index >= 15 is 0 Å². The third-order valence-electron chi connectivity index (χ3n) is 18.6. The largest absolute Gasteiger partial charge is 0.456 e. The van der Waals surface area contributed by atoms with E-state index in [0.717, 1.165) is 35.4 Å². The number of fused-ring (bicyclic) bond motifs is 9. The monoisotopic (exact) mass is 981 g/mol. The molecule has 3 nitrogen and oxygen atoms in total. The van der Waals surface area contributed by atoms with Crippen molar-refractivity contribution in [3.8, 4) is 22.3 Å². The van der Waals surface area contributed by atoms with Crippen molar-refractivity contribution in [2.45, 2.75) is 150 Å². The second-order valence-corrected chi connectivity index (χ2v) is 27.0. The second kappa shape index (κ2) is 15.9. The van der Waals surface area contributed by atoms with Crippen LogP contribution in [0.25, 0.3) is 44.2 Å². The third-order valence-corrected chi connectivity index (χ3v) is 18.6. The minimum absolute atomic E-state index is 0.00424. The van der Waals surface area contributed by atoms with Crippen LogP contribution in [0.15, 0.2) is 138 Å². The molecule has 0 unspecified atom stereocenters. The van der Waals surface area contributed by atoms with Crippen LogP contribution in [-0.2, 0) is 27.1 Å². The predicted molar refractivity (Wildman–Crippen MR) is 322 cm³/mol. The van der Waals surface area contributed by atoms with Crippen molar-refractivity contribution in [3.63, 3.8) is 0 Å². The number of aryl methyl sites for hydroxylation is 4. The van der Waals surface area contributed by atoms with E-state index in [1.54, 1.807) is 0 Å². The predicted octanol–water partition coefficient (Wildman–Crippen LogP) is 17.8. The summed E-state index contributed by atoms with van der Waals surface area (Å²) < 4.78 is 7.03. The van der Waals surface area contributed by atoms with Crippen LogP contribution in [0.2, 0.25) is 0 Å². The first-order chi connectivity index (χ1) is 35.4. The maximum Gasteiger partial charge on any atom is 0.252 e. The molecule has 9 aromatic rings. The van der Waals surface area contributed by atoms with Gasteiger partial charge in [0.25, 0.3) is 6.71 Å². The molecule has 4 heteroatoms. The normalized spacial score (nSPS) is 17.5. The molecule has 75 heavy (non-hydrogen) atoms. The Morgan fingerprint density at radius 1 is 0.453 bits per heavy atom. The molecular weight excluding hydrogens is 908 g/mol. The summed E-state index contributed by atoms with van der Waals surface area (Å²) in [6.45, 7) is 35.9. The van der Waals surface area contributed by atoms with Gasteiger partial charge in [-0.25, -0.2) is 0 Å². The zero-order chi connectivity index (χ0) is 52.6. The topological polar surface area (TPSA) is 19.6 Å². The number of para-hydroxylation sites is 1. The molecule has 4 aliphatic rings. The van der Waals surface area contributed by atoms with Gasteiger partial charge in [0, 0.05) is 50.8 Å². The summed E-state index contributed by atoms with van der Waals surface area (Å²) in [6.07, 6.45) is 3.43. The van der Waals surface area contributed by atoms with Gasteiger partial charge in [-0.3, -0.25) is 0 Å². The van der Waals surface area contributed by atoms with E-state index in [1.165, 1.54) is 129 Å². The first-order valence-electron chi connectivity index (χ1n) is 27.8. The van der Waals surface area contributed by atoms with Gasteiger partial charge in [-0.15, -0.1) is 0 Å². The van der Waals surface area contributed by atoms with Crippen molar-refractivity contribution in [2.24, 2.45) is 0 Å². The second-order valence-electron chi connectivity index (χ2n) is 27.0. The Labute approximate surface area is 447 Å². The zero-order valence-electron chi connectivity index (χ0n) is 47.2. The quantitative estimate of drug-likeness (QED) is 0.164. The lowest BCUT2D eigenvalue weighted by molar-refractivity contribution is 0.332. The highest BCUT2D eigenvalue weighted by Gasteiger charge is 2.49. The SMILES string of the molecule is Cc1cc(C)c(-c2cc3c4c(c2)N(c2ccccc2-c2ccccc2)c2cc5oc6ccc(C(C)(C)C)cc6c5cc2B4c2cc4c(cc2N3c2cc3c(cc2C)C(C)(C)CCC3(C)C)C(C)(C)CC4(C)C)c(C)c1. The third kappa shape index (κ3) is 7.13. The average molecular weight is 981 g/mol. The summed E-state index contributed by atoms with van der Waals surface area (Å²) in [4.78, 5) is 5.37. The summed E-state index contributed by atoms with van der Waals surface area (Å²) in [5.41, 5.74) is 30.6. The van der Waals surface area contributed by atoms with Gasteiger partial charge in [0.05, 0.1) is 5.69 Å². The maximum absolute atomic E-state index is 7.03. The molecule has 0 fully saturated rings. The molecule has 13 rings (SSSR count). The summed E-state index contributed by atoms with van der Waals surface area (Å²) in [5, 5.41) is 2.34. The first kappa shape index (κ1) is 47.9. The number of anilines is 6. The van der Waals surface area contributed by atoms with Crippen molar-refractivity contribution in [2.75, 3.05) is 9.80 Å². The highest BCUT2D eigenvalue weighted by molar-refractivity contribution is 7.00. The fraction of sp³-hybridized carbons (Fsp3) is 0.324. The van der Waals surface area contributed by atoms with Crippen LogP contribution in [0.1, 0.15) is 145 Å². The average Bonchev–Trinajstić information content (AvgIpc) is 3.92. The Hall–Kier alpha value is -6.78. The molecule has 0 bridgehead atoms. The molecule has 0 radical (unpaired) electrons. The van der Waals surface area contributed by atoms with Crippen LogP contribution in [-0.4, -0.2) is 6.71 Å². The molecule has 0 N–H and O–H groups in total. The van der Waals surface area contributed by atoms with Gasteiger partial charge in [-0.2, -0.15) is 0 Å². The molecule has 0 atom stereocenters. The highest BCUT2D eigenvalue weighted by atomic mass is 16.3. The van der Waals surface area contributed by atoms with Crippen LogP contribution in [0, 0.1) is 27.7 Å². The number of benzene rings is 8. The molecule has 2 aliphatic carbocycles. The van der Waals surface area contributed by atoms with Gasteiger partial charge in [-0.1, -0.05) is 167 Å². The molecule has 0 saturated heterocycles. The number of rotatable bonds is 4. The Kier molecular flexibility index (Phi) is 10.1. The lowest BCUT2D eigenvalue weighted by atomic mass is 9.33. The lowest BCUT2D eigenvalue weighted by Gasteiger charge is -2.47. The first-order valence-corrected chi connectivity index (χ1v) is 27.8. The molecule has 376 valence electrons. The Morgan fingerprint density at radius 2 is 1.00 bits per heavy atom. The zero-order valence-corrected chi connectivity index (χ0v) is 47.2. The standard InChI is InChI=1S/C71H73BN2O/c1-41-29-43(3)65(44(4)30-41)46-32-61-66-62(33-46)74(58-37-53-51(31-42(58)2)68(8,9)27-28-69(53,10)11)59-38-54-52(70(12,13)40-71(54,14)15)36-56(59)72(66)55-35-50-49-34-47(67(5,6)7)25-26-63(49)75-64(50)39-60(55)73(61)57-24-20-19-23-48(57)45-21-17-16-18-22-45/h16-26,29-39H,27-28,40H2,1-15H3.